The Morgan fingerprint density at radius 3 is 2.75 bits per heavy atom. The highest BCUT2D eigenvalue weighted by atomic mass is 32.2. The van der Waals surface area contributed by atoms with E-state index in [1.807, 2.05) is 23.9 Å². The number of thioether (sulfide) groups is 1. The summed E-state index contributed by atoms with van der Waals surface area (Å²) >= 11 is 1.83. The van der Waals surface area contributed by atoms with Gasteiger partial charge < -0.3 is 4.90 Å². The van der Waals surface area contributed by atoms with Gasteiger partial charge >= 0.3 is 0 Å². The van der Waals surface area contributed by atoms with E-state index in [1.165, 1.54) is 0 Å². The van der Waals surface area contributed by atoms with Crippen LogP contribution in [0.3, 0.4) is 0 Å². The molecule has 1 amide bonds. The molecule has 1 heterocycles. The minimum atomic E-state index is -0.0458. The maximum Gasteiger partial charge on any atom is 0.271 e. The van der Waals surface area contributed by atoms with E-state index in [0.717, 1.165) is 11.4 Å². The fourth-order valence-corrected chi connectivity index (χ4v) is 2.16. The lowest BCUT2D eigenvalue weighted by Gasteiger charge is -2.13. The van der Waals surface area contributed by atoms with Gasteiger partial charge in [-0.05, 0) is 24.8 Å². The Kier molecular flexibility index (Phi) is 4.80. The minimum Gasteiger partial charge on any atom is -0.343 e. The summed E-state index contributed by atoms with van der Waals surface area (Å²) in [7, 11) is 3.47. The highest BCUT2D eigenvalue weighted by Crippen LogP contribution is 2.26. The van der Waals surface area contributed by atoms with Crippen LogP contribution in [0.2, 0.25) is 0 Å². The third-order valence-electron chi connectivity index (χ3n) is 2.23. The Hall–Kier alpha value is -1.03. The van der Waals surface area contributed by atoms with Gasteiger partial charge in [0.25, 0.3) is 5.91 Å². The largest absolute Gasteiger partial charge is 0.343 e. The molecule has 1 unspecified atom stereocenters. The lowest BCUT2D eigenvalue weighted by atomic mass is 10.2. The average molecular weight is 238 g/mol. The number of hydrogen-bond acceptors (Lipinski definition) is 3. The molecule has 0 aliphatic rings. The summed E-state index contributed by atoms with van der Waals surface area (Å²) in [6.07, 6.45) is 0. The monoisotopic (exact) mass is 238 g/mol. The van der Waals surface area contributed by atoms with Gasteiger partial charge in [0.1, 0.15) is 5.69 Å². The van der Waals surface area contributed by atoms with Crippen LogP contribution in [0, 0.1) is 0 Å². The number of carbonyl (C=O) groups is 1. The molecule has 0 aliphatic heterocycles. The molecule has 0 bridgehead atoms. The first-order chi connectivity index (χ1) is 7.56. The van der Waals surface area contributed by atoms with Gasteiger partial charge in [-0.2, -0.15) is 11.8 Å². The Balaban J connectivity index is 2.90. The van der Waals surface area contributed by atoms with Crippen LogP contribution in [0.25, 0.3) is 0 Å². The first-order valence-electron chi connectivity index (χ1n) is 5.36. The highest BCUT2D eigenvalue weighted by molar-refractivity contribution is 7.99. The summed E-state index contributed by atoms with van der Waals surface area (Å²) in [6.45, 7) is 4.23. The van der Waals surface area contributed by atoms with Crippen LogP contribution in [0.4, 0.5) is 0 Å². The lowest BCUT2D eigenvalue weighted by Crippen LogP contribution is -2.23. The van der Waals surface area contributed by atoms with E-state index in [1.54, 1.807) is 25.1 Å². The van der Waals surface area contributed by atoms with E-state index in [2.05, 4.69) is 18.8 Å². The van der Waals surface area contributed by atoms with E-state index in [4.69, 9.17) is 0 Å². The van der Waals surface area contributed by atoms with E-state index < -0.39 is 0 Å². The van der Waals surface area contributed by atoms with Crippen LogP contribution in [-0.4, -0.2) is 35.6 Å². The van der Waals surface area contributed by atoms with Crippen LogP contribution in [0.5, 0.6) is 0 Å². The third-order valence-corrected chi connectivity index (χ3v) is 3.30. The molecular formula is C12H18N2OS. The molecule has 0 saturated carbocycles. The number of hydrogen-bond donors (Lipinski definition) is 0. The minimum absolute atomic E-state index is 0.0458. The quantitative estimate of drug-likeness (QED) is 0.808. The Bertz CT molecular complexity index is 366. The van der Waals surface area contributed by atoms with Crippen LogP contribution in [0.15, 0.2) is 18.2 Å². The van der Waals surface area contributed by atoms with Crippen molar-refractivity contribution in [3.8, 4) is 0 Å². The highest BCUT2D eigenvalue weighted by Gasteiger charge is 2.12. The van der Waals surface area contributed by atoms with Crippen molar-refractivity contribution in [2.45, 2.75) is 19.1 Å². The average Bonchev–Trinajstić information content (AvgIpc) is 2.28. The van der Waals surface area contributed by atoms with Gasteiger partial charge in [-0.3, -0.25) is 4.79 Å². The maximum atomic E-state index is 11.7. The fourth-order valence-electron chi connectivity index (χ4n) is 1.36. The zero-order chi connectivity index (χ0) is 12.1. The second-order valence-corrected chi connectivity index (χ2v) is 5.36. The molecule has 4 heteroatoms. The van der Waals surface area contributed by atoms with Crippen LogP contribution < -0.4 is 0 Å². The summed E-state index contributed by atoms with van der Waals surface area (Å²) in [5.41, 5.74) is 1.49. The first-order valence-corrected chi connectivity index (χ1v) is 6.41. The molecule has 1 aromatic heterocycles. The molecule has 0 aliphatic carbocycles. The summed E-state index contributed by atoms with van der Waals surface area (Å²) < 4.78 is 0. The van der Waals surface area contributed by atoms with Crippen molar-refractivity contribution >= 4 is 17.7 Å². The zero-order valence-corrected chi connectivity index (χ0v) is 11.0. The molecule has 0 fully saturated rings. The van der Waals surface area contributed by atoms with Crippen molar-refractivity contribution < 1.29 is 4.79 Å². The van der Waals surface area contributed by atoms with Gasteiger partial charge in [0.15, 0.2) is 0 Å². The number of carbonyl (C=O) groups excluding carboxylic acids is 1. The molecular weight excluding hydrogens is 220 g/mol. The zero-order valence-electron chi connectivity index (χ0n) is 10.2. The van der Waals surface area contributed by atoms with E-state index in [0.29, 0.717) is 10.9 Å². The number of nitrogens with zero attached hydrogens (tertiary/aromatic N) is 2. The van der Waals surface area contributed by atoms with Crippen molar-refractivity contribution in [1.29, 1.82) is 0 Å². The summed E-state index contributed by atoms with van der Waals surface area (Å²) in [5.74, 6) is 1.00. The molecule has 0 N–H and O–H groups in total. The maximum absolute atomic E-state index is 11.7. The van der Waals surface area contributed by atoms with Crippen molar-refractivity contribution in [2.75, 3.05) is 19.8 Å². The molecule has 16 heavy (non-hydrogen) atoms. The van der Waals surface area contributed by atoms with Crippen molar-refractivity contribution in [3.05, 3.63) is 29.6 Å². The molecule has 0 aromatic carbocycles. The number of amides is 1. The second-order valence-electron chi connectivity index (χ2n) is 3.74. The second kappa shape index (κ2) is 5.89. The predicted molar refractivity (Wildman–Crippen MR) is 68.8 cm³/mol. The van der Waals surface area contributed by atoms with Crippen LogP contribution >= 0.6 is 11.8 Å². The topological polar surface area (TPSA) is 33.2 Å². The van der Waals surface area contributed by atoms with Gasteiger partial charge in [-0.1, -0.05) is 13.0 Å². The summed E-state index contributed by atoms with van der Waals surface area (Å²) in [5, 5.41) is 0.333. The van der Waals surface area contributed by atoms with Gasteiger partial charge in [-0.25, -0.2) is 4.98 Å². The Morgan fingerprint density at radius 1 is 1.50 bits per heavy atom. The standard InChI is InChI=1S/C12H18N2OS/c1-5-16-9(2)10-7-6-8-11(13-10)12(15)14(3)4/h6-9H,5H2,1-4H3. The smallest absolute Gasteiger partial charge is 0.271 e. The molecule has 0 spiro atoms. The number of aromatic nitrogens is 1. The summed E-state index contributed by atoms with van der Waals surface area (Å²) in [4.78, 5) is 17.7. The van der Waals surface area contributed by atoms with E-state index >= 15 is 0 Å². The van der Waals surface area contributed by atoms with Gasteiger partial charge in [-0.15, -0.1) is 0 Å². The SMILES string of the molecule is CCSC(C)c1cccc(C(=O)N(C)C)n1. The normalized spacial score (nSPS) is 12.2. The van der Waals surface area contributed by atoms with Crippen molar-refractivity contribution in [3.63, 3.8) is 0 Å². The van der Waals surface area contributed by atoms with E-state index in [9.17, 15) is 4.79 Å². The molecule has 0 radical (unpaired) electrons. The lowest BCUT2D eigenvalue weighted by molar-refractivity contribution is 0.0821. The van der Waals surface area contributed by atoms with E-state index in [-0.39, 0.29) is 5.91 Å². The van der Waals surface area contributed by atoms with Gasteiger partial charge in [0.05, 0.1) is 5.69 Å². The molecule has 88 valence electrons. The third kappa shape index (κ3) is 3.23. The number of rotatable bonds is 4. The number of pyridine rings is 1. The molecule has 1 rings (SSSR count). The van der Waals surface area contributed by atoms with Crippen LogP contribution in [-0.2, 0) is 0 Å². The Morgan fingerprint density at radius 2 is 2.19 bits per heavy atom. The Labute approximate surface area is 101 Å². The molecule has 3 nitrogen and oxygen atoms in total. The summed E-state index contributed by atoms with van der Waals surface area (Å²) in [6, 6.07) is 5.63. The predicted octanol–water partition coefficient (Wildman–Crippen LogP) is 2.60. The van der Waals surface area contributed by atoms with Crippen molar-refractivity contribution in [2.24, 2.45) is 0 Å². The van der Waals surface area contributed by atoms with Gasteiger partial charge in [0.2, 0.25) is 0 Å². The molecule has 0 saturated heterocycles. The molecule has 1 atom stereocenters. The van der Waals surface area contributed by atoms with Crippen molar-refractivity contribution in [1.82, 2.24) is 9.88 Å². The van der Waals surface area contributed by atoms with Gasteiger partial charge in [0, 0.05) is 19.3 Å². The fraction of sp³-hybridized carbons (Fsp3) is 0.500. The van der Waals surface area contributed by atoms with Crippen LogP contribution in [0.1, 0.15) is 35.3 Å². The molecule has 1 aromatic rings. The first kappa shape index (κ1) is 13.0.